The molecule has 1 aliphatic carbocycles. The van der Waals surface area contributed by atoms with E-state index in [9.17, 15) is 9.59 Å². The van der Waals surface area contributed by atoms with Crippen molar-refractivity contribution in [2.75, 3.05) is 0 Å². The minimum Gasteiger partial charge on any atom is -0.352 e. The molecule has 1 aliphatic rings. The zero-order chi connectivity index (χ0) is 21.5. The van der Waals surface area contributed by atoms with Crippen molar-refractivity contribution >= 4 is 23.4 Å². The molecule has 0 aliphatic heterocycles. The fraction of sp³-hybridized carbons (Fsp3) is 0.440. The first-order valence-corrected chi connectivity index (χ1v) is 11.2. The lowest BCUT2D eigenvalue weighted by molar-refractivity contribution is -0.140. The normalized spacial score (nSPS) is 15.4. The Morgan fingerprint density at radius 3 is 2.47 bits per heavy atom. The molecule has 160 valence electrons. The van der Waals surface area contributed by atoms with Gasteiger partial charge in [0, 0.05) is 17.6 Å². The monoisotopic (exact) mass is 426 g/mol. The Kier molecular flexibility index (Phi) is 7.92. The Bertz CT molecular complexity index is 877. The molecule has 1 saturated carbocycles. The van der Waals surface area contributed by atoms with E-state index in [4.69, 9.17) is 11.6 Å². The highest BCUT2D eigenvalue weighted by Gasteiger charge is 2.28. The van der Waals surface area contributed by atoms with E-state index in [0.717, 1.165) is 42.4 Å². The first-order valence-electron chi connectivity index (χ1n) is 10.8. The van der Waals surface area contributed by atoms with Gasteiger partial charge in [0.15, 0.2) is 0 Å². The smallest absolute Gasteiger partial charge is 0.242 e. The molecule has 2 aromatic rings. The highest BCUT2D eigenvalue weighted by molar-refractivity contribution is 6.30. The average Bonchev–Trinajstić information content (AvgIpc) is 2.72. The molecule has 0 spiro atoms. The van der Waals surface area contributed by atoms with Gasteiger partial charge in [-0.15, -0.1) is 0 Å². The number of halogens is 1. The number of nitrogens with zero attached hydrogens (tertiary/aromatic N) is 1. The van der Waals surface area contributed by atoms with Crippen LogP contribution in [0.4, 0.5) is 0 Å². The molecular formula is C25H31ClN2O2. The van der Waals surface area contributed by atoms with E-state index < -0.39 is 6.04 Å². The van der Waals surface area contributed by atoms with Crippen molar-refractivity contribution < 1.29 is 9.59 Å². The molecule has 0 radical (unpaired) electrons. The summed E-state index contributed by atoms with van der Waals surface area (Å²) >= 11 is 6.14. The van der Waals surface area contributed by atoms with E-state index in [1.165, 1.54) is 6.42 Å². The van der Waals surface area contributed by atoms with E-state index in [0.29, 0.717) is 11.6 Å². The second-order valence-corrected chi connectivity index (χ2v) is 8.77. The van der Waals surface area contributed by atoms with Gasteiger partial charge in [0.1, 0.15) is 6.04 Å². The lowest BCUT2D eigenvalue weighted by Gasteiger charge is -2.31. The third-order valence-electron chi connectivity index (χ3n) is 5.80. The quantitative estimate of drug-likeness (QED) is 0.672. The number of nitrogens with one attached hydrogen (secondary N) is 1. The molecule has 1 N–H and O–H groups in total. The summed E-state index contributed by atoms with van der Waals surface area (Å²) in [6, 6.07) is 15.1. The van der Waals surface area contributed by atoms with E-state index >= 15 is 0 Å². The van der Waals surface area contributed by atoms with Crippen LogP contribution in [-0.2, 0) is 22.6 Å². The predicted octanol–water partition coefficient (Wildman–Crippen LogP) is 5.06. The summed E-state index contributed by atoms with van der Waals surface area (Å²) in [7, 11) is 0. The fourth-order valence-electron chi connectivity index (χ4n) is 4.08. The molecule has 4 nitrogen and oxygen atoms in total. The van der Waals surface area contributed by atoms with E-state index in [1.807, 2.05) is 62.4 Å². The first kappa shape index (κ1) is 22.4. The second kappa shape index (κ2) is 10.6. The van der Waals surface area contributed by atoms with Crippen LogP contribution in [0.2, 0.25) is 5.02 Å². The third kappa shape index (κ3) is 6.33. The molecule has 1 fully saturated rings. The molecule has 2 amide bonds. The number of hydrogen-bond acceptors (Lipinski definition) is 2. The Morgan fingerprint density at radius 1 is 1.07 bits per heavy atom. The van der Waals surface area contributed by atoms with Gasteiger partial charge in [-0.1, -0.05) is 72.8 Å². The summed E-state index contributed by atoms with van der Waals surface area (Å²) in [5.41, 5.74) is 2.98. The van der Waals surface area contributed by atoms with Crippen molar-refractivity contribution in [3.8, 4) is 0 Å². The van der Waals surface area contributed by atoms with Gasteiger partial charge in [0.2, 0.25) is 11.8 Å². The number of carbonyl (C=O) groups is 2. The first-order chi connectivity index (χ1) is 14.4. The summed E-state index contributed by atoms with van der Waals surface area (Å²) in [6.07, 6.45) is 5.84. The largest absolute Gasteiger partial charge is 0.352 e. The minimum absolute atomic E-state index is 0.0631. The molecule has 0 aromatic heterocycles. The highest BCUT2D eigenvalue weighted by atomic mass is 35.5. The molecule has 0 saturated heterocycles. The van der Waals surface area contributed by atoms with Crippen LogP contribution in [0, 0.1) is 6.92 Å². The van der Waals surface area contributed by atoms with Gasteiger partial charge in [0.05, 0.1) is 6.42 Å². The summed E-state index contributed by atoms with van der Waals surface area (Å²) < 4.78 is 0. The maximum atomic E-state index is 13.3. The highest BCUT2D eigenvalue weighted by Crippen LogP contribution is 2.19. The van der Waals surface area contributed by atoms with Crippen LogP contribution in [0.3, 0.4) is 0 Å². The standard InChI is InChI=1S/C25H31ClN2O2/c1-18-8-6-9-20(14-18)16-24(29)28(17-21-10-7-11-22(26)15-21)19(2)25(30)27-23-12-4-3-5-13-23/h6-11,14-15,19,23H,3-5,12-13,16-17H2,1-2H3,(H,27,30)/t19-/m1/s1. The predicted molar refractivity (Wildman–Crippen MR) is 121 cm³/mol. The van der Waals surface area contributed by atoms with Crippen LogP contribution in [0.15, 0.2) is 48.5 Å². The number of benzene rings is 2. The Hall–Kier alpha value is -2.33. The summed E-state index contributed by atoms with van der Waals surface area (Å²) in [4.78, 5) is 27.9. The average molecular weight is 427 g/mol. The van der Waals surface area contributed by atoms with Crippen molar-refractivity contribution in [3.05, 3.63) is 70.2 Å². The molecule has 0 heterocycles. The number of carbonyl (C=O) groups excluding carboxylic acids is 2. The van der Waals surface area contributed by atoms with Gasteiger partial charge in [-0.3, -0.25) is 9.59 Å². The molecule has 0 bridgehead atoms. The van der Waals surface area contributed by atoms with Crippen LogP contribution in [0.1, 0.15) is 55.7 Å². The van der Waals surface area contributed by atoms with Crippen LogP contribution in [0.25, 0.3) is 0 Å². The number of amides is 2. The molecule has 0 unspecified atom stereocenters. The lowest BCUT2D eigenvalue weighted by Crippen LogP contribution is -2.50. The summed E-state index contributed by atoms with van der Waals surface area (Å²) in [5, 5.41) is 3.79. The van der Waals surface area contributed by atoms with Crippen molar-refractivity contribution in [1.29, 1.82) is 0 Å². The van der Waals surface area contributed by atoms with Gasteiger partial charge >= 0.3 is 0 Å². The molecule has 1 atom stereocenters. The summed E-state index contributed by atoms with van der Waals surface area (Å²) in [5.74, 6) is -0.145. The van der Waals surface area contributed by atoms with Crippen LogP contribution >= 0.6 is 11.6 Å². The van der Waals surface area contributed by atoms with Gasteiger partial charge in [-0.05, 0) is 49.9 Å². The maximum Gasteiger partial charge on any atom is 0.242 e. The zero-order valence-corrected chi connectivity index (χ0v) is 18.6. The number of hydrogen-bond donors (Lipinski definition) is 1. The second-order valence-electron chi connectivity index (χ2n) is 8.34. The van der Waals surface area contributed by atoms with Crippen molar-refractivity contribution in [2.24, 2.45) is 0 Å². The van der Waals surface area contributed by atoms with Gasteiger partial charge in [-0.2, -0.15) is 0 Å². The van der Waals surface area contributed by atoms with Crippen molar-refractivity contribution in [3.63, 3.8) is 0 Å². The Labute approximate surface area is 184 Å². The van der Waals surface area contributed by atoms with Gasteiger partial charge in [-0.25, -0.2) is 0 Å². The SMILES string of the molecule is Cc1cccc(CC(=O)N(Cc2cccc(Cl)c2)[C@H](C)C(=O)NC2CCCCC2)c1. The third-order valence-corrected chi connectivity index (χ3v) is 6.03. The molecule has 5 heteroatoms. The van der Waals surface area contributed by atoms with Crippen LogP contribution in [-0.4, -0.2) is 28.8 Å². The number of rotatable bonds is 7. The topological polar surface area (TPSA) is 49.4 Å². The zero-order valence-electron chi connectivity index (χ0n) is 17.9. The fourth-order valence-corrected chi connectivity index (χ4v) is 4.29. The van der Waals surface area contributed by atoms with Crippen LogP contribution in [0.5, 0.6) is 0 Å². The van der Waals surface area contributed by atoms with Gasteiger partial charge in [0.25, 0.3) is 0 Å². The number of aryl methyl sites for hydroxylation is 1. The van der Waals surface area contributed by atoms with E-state index in [1.54, 1.807) is 4.90 Å². The summed E-state index contributed by atoms with van der Waals surface area (Å²) in [6.45, 7) is 4.18. The molecule has 3 rings (SSSR count). The molecular weight excluding hydrogens is 396 g/mol. The molecule has 30 heavy (non-hydrogen) atoms. The van der Waals surface area contributed by atoms with Crippen molar-refractivity contribution in [2.45, 2.75) is 71.0 Å². The van der Waals surface area contributed by atoms with E-state index in [-0.39, 0.29) is 24.3 Å². The Balaban J connectivity index is 1.76. The van der Waals surface area contributed by atoms with E-state index in [2.05, 4.69) is 5.32 Å². The lowest BCUT2D eigenvalue weighted by atomic mass is 9.95. The maximum absolute atomic E-state index is 13.3. The minimum atomic E-state index is -0.553. The molecule has 2 aromatic carbocycles. The van der Waals surface area contributed by atoms with Crippen LogP contribution < -0.4 is 5.32 Å². The van der Waals surface area contributed by atoms with Gasteiger partial charge < -0.3 is 10.2 Å². The Morgan fingerprint density at radius 2 is 1.77 bits per heavy atom. The van der Waals surface area contributed by atoms with Crippen molar-refractivity contribution in [1.82, 2.24) is 10.2 Å².